The first kappa shape index (κ1) is 21.0. The van der Waals surface area contributed by atoms with Gasteiger partial charge in [-0.3, -0.25) is 14.6 Å². The molecule has 0 aliphatic carbocycles. The maximum atomic E-state index is 13.3. The molecule has 0 bridgehead atoms. The molecule has 3 rings (SSSR count). The van der Waals surface area contributed by atoms with Crippen LogP contribution in [0.15, 0.2) is 54.9 Å². The minimum Gasteiger partial charge on any atom is -0.341 e. The topological polar surface area (TPSA) is 74.3 Å². The zero-order valence-corrected chi connectivity index (χ0v) is 17.0. The fourth-order valence-corrected chi connectivity index (χ4v) is 3.71. The summed E-state index contributed by atoms with van der Waals surface area (Å²) in [6.07, 6.45) is 5.87. The molecule has 154 valence electrons. The molecule has 0 spiro atoms. The van der Waals surface area contributed by atoms with E-state index in [1.807, 2.05) is 35.2 Å². The Balaban J connectivity index is 1.67. The second kappa shape index (κ2) is 10.7. The van der Waals surface area contributed by atoms with E-state index in [4.69, 9.17) is 0 Å². The molecule has 1 aliphatic heterocycles. The summed E-state index contributed by atoms with van der Waals surface area (Å²) in [5.74, 6) is 0.365. The van der Waals surface area contributed by atoms with Crippen molar-refractivity contribution in [2.24, 2.45) is 5.92 Å². The highest BCUT2D eigenvalue weighted by Crippen LogP contribution is 2.18. The van der Waals surface area contributed by atoms with Crippen molar-refractivity contribution in [3.8, 4) is 0 Å². The molecule has 1 aromatic carbocycles. The number of rotatable bonds is 8. The molecule has 1 aliphatic rings. The van der Waals surface area contributed by atoms with Crippen LogP contribution in [0, 0.1) is 5.92 Å². The van der Waals surface area contributed by atoms with Crippen molar-refractivity contribution in [2.45, 2.75) is 32.2 Å². The smallest absolute Gasteiger partial charge is 0.251 e. The molecule has 1 fully saturated rings. The number of hydrogen-bond donors (Lipinski definition) is 2. The lowest BCUT2D eigenvalue weighted by molar-refractivity contribution is -0.134. The van der Waals surface area contributed by atoms with Gasteiger partial charge >= 0.3 is 0 Å². The van der Waals surface area contributed by atoms with Gasteiger partial charge in [0.05, 0.1) is 0 Å². The molecule has 2 aromatic rings. The lowest BCUT2D eigenvalue weighted by Crippen LogP contribution is -2.52. The minimum atomic E-state index is -0.600. The van der Waals surface area contributed by atoms with Gasteiger partial charge in [-0.05, 0) is 55.6 Å². The fourth-order valence-electron chi connectivity index (χ4n) is 3.71. The molecule has 1 atom stereocenters. The number of pyridine rings is 1. The SMILES string of the molecule is CCNCC1CCN(C(=O)C(Cc2cccnc2)NC(=O)c2ccccc2)CC1. The van der Waals surface area contributed by atoms with Crippen LogP contribution in [0.25, 0.3) is 0 Å². The Morgan fingerprint density at radius 3 is 2.55 bits per heavy atom. The highest BCUT2D eigenvalue weighted by Gasteiger charge is 2.29. The Hall–Kier alpha value is -2.73. The normalized spacial score (nSPS) is 15.7. The third-order valence-corrected chi connectivity index (χ3v) is 5.41. The van der Waals surface area contributed by atoms with Gasteiger partial charge in [-0.2, -0.15) is 0 Å². The molecule has 1 unspecified atom stereocenters. The van der Waals surface area contributed by atoms with Crippen LogP contribution < -0.4 is 10.6 Å². The lowest BCUT2D eigenvalue weighted by Gasteiger charge is -2.34. The zero-order valence-electron chi connectivity index (χ0n) is 17.0. The van der Waals surface area contributed by atoms with Crippen molar-refractivity contribution in [1.82, 2.24) is 20.5 Å². The Morgan fingerprint density at radius 2 is 1.90 bits per heavy atom. The number of carbonyl (C=O) groups excluding carboxylic acids is 2. The predicted octanol–water partition coefficient (Wildman–Crippen LogP) is 2.27. The summed E-state index contributed by atoms with van der Waals surface area (Å²) in [6, 6.07) is 12.2. The maximum absolute atomic E-state index is 13.3. The van der Waals surface area contributed by atoms with Gasteiger partial charge in [-0.1, -0.05) is 31.2 Å². The van der Waals surface area contributed by atoms with Crippen LogP contribution in [0.1, 0.15) is 35.7 Å². The number of piperidine rings is 1. The van der Waals surface area contributed by atoms with E-state index >= 15 is 0 Å². The van der Waals surface area contributed by atoms with E-state index in [1.54, 1.807) is 24.5 Å². The zero-order chi connectivity index (χ0) is 20.5. The van der Waals surface area contributed by atoms with E-state index in [1.165, 1.54) is 0 Å². The van der Waals surface area contributed by atoms with Crippen LogP contribution in [0.5, 0.6) is 0 Å². The van der Waals surface area contributed by atoms with Crippen molar-refractivity contribution < 1.29 is 9.59 Å². The summed E-state index contributed by atoms with van der Waals surface area (Å²) < 4.78 is 0. The van der Waals surface area contributed by atoms with E-state index in [-0.39, 0.29) is 11.8 Å². The maximum Gasteiger partial charge on any atom is 0.251 e. The molecule has 6 heteroatoms. The van der Waals surface area contributed by atoms with E-state index in [0.29, 0.717) is 17.9 Å². The van der Waals surface area contributed by atoms with Gasteiger partial charge < -0.3 is 15.5 Å². The van der Waals surface area contributed by atoms with Crippen LogP contribution >= 0.6 is 0 Å². The molecule has 0 radical (unpaired) electrons. The molecular formula is C23H30N4O2. The molecule has 1 saturated heterocycles. The first-order chi connectivity index (χ1) is 14.2. The molecule has 2 amide bonds. The van der Waals surface area contributed by atoms with Crippen molar-refractivity contribution in [2.75, 3.05) is 26.2 Å². The van der Waals surface area contributed by atoms with E-state index in [0.717, 1.165) is 44.6 Å². The number of carbonyl (C=O) groups is 2. The van der Waals surface area contributed by atoms with Gasteiger partial charge in [0.1, 0.15) is 6.04 Å². The summed E-state index contributed by atoms with van der Waals surface area (Å²) in [7, 11) is 0. The van der Waals surface area contributed by atoms with Gasteiger partial charge in [0, 0.05) is 37.5 Å². The van der Waals surface area contributed by atoms with E-state index in [9.17, 15) is 9.59 Å². The molecule has 2 heterocycles. The van der Waals surface area contributed by atoms with Crippen molar-refractivity contribution in [1.29, 1.82) is 0 Å². The standard InChI is InChI=1S/C23H30N4O2/c1-2-24-16-18-10-13-27(14-11-18)23(29)21(15-19-7-6-12-25-17-19)26-22(28)20-8-4-3-5-9-20/h3-9,12,17-18,21,24H,2,10-11,13-16H2,1H3,(H,26,28). The summed E-state index contributed by atoms with van der Waals surface area (Å²) in [4.78, 5) is 32.0. The predicted molar refractivity (Wildman–Crippen MR) is 113 cm³/mol. The van der Waals surface area contributed by atoms with Gasteiger partial charge in [0.2, 0.25) is 5.91 Å². The summed E-state index contributed by atoms with van der Waals surface area (Å²) in [5.41, 5.74) is 1.49. The largest absolute Gasteiger partial charge is 0.341 e. The minimum absolute atomic E-state index is 0.0139. The molecule has 2 N–H and O–H groups in total. The third kappa shape index (κ3) is 6.12. The monoisotopic (exact) mass is 394 g/mol. The lowest BCUT2D eigenvalue weighted by atomic mass is 9.95. The van der Waals surface area contributed by atoms with Gasteiger partial charge in [-0.15, -0.1) is 0 Å². The second-order valence-electron chi connectivity index (χ2n) is 7.53. The average molecular weight is 395 g/mol. The first-order valence-corrected chi connectivity index (χ1v) is 10.4. The number of nitrogens with zero attached hydrogens (tertiary/aromatic N) is 2. The third-order valence-electron chi connectivity index (χ3n) is 5.41. The molecule has 29 heavy (non-hydrogen) atoms. The van der Waals surface area contributed by atoms with Crippen LogP contribution in [0.3, 0.4) is 0 Å². The van der Waals surface area contributed by atoms with Gasteiger partial charge in [0.25, 0.3) is 5.91 Å². The highest BCUT2D eigenvalue weighted by atomic mass is 16.2. The summed E-state index contributed by atoms with van der Waals surface area (Å²) in [5, 5.41) is 6.35. The number of aromatic nitrogens is 1. The van der Waals surface area contributed by atoms with Gasteiger partial charge in [0.15, 0.2) is 0 Å². The number of hydrogen-bond acceptors (Lipinski definition) is 4. The molecular weight excluding hydrogens is 364 g/mol. The number of amides is 2. The van der Waals surface area contributed by atoms with Crippen LogP contribution in [-0.2, 0) is 11.2 Å². The number of nitrogens with one attached hydrogen (secondary N) is 2. The summed E-state index contributed by atoms with van der Waals surface area (Å²) in [6.45, 7) is 5.55. The van der Waals surface area contributed by atoms with Gasteiger partial charge in [-0.25, -0.2) is 0 Å². The van der Waals surface area contributed by atoms with Crippen LogP contribution in [0.2, 0.25) is 0 Å². The first-order valence-electron chi connectivity index (χ1n) is 10.4. The Labute approximate surface area is 172 Å². The Bertz CT molecular complexity index is 774. The average Bonchev–Trinajstić information content (AvgIpc) is 2.78. The number of likely N-dealkylation sites (tertiary alicyclic amines) is 1. The van der Waals surface area contributed by atoms with Crippen molar-refractivity contribution in [3.05, 3.63) is 66.0 Å². The second-order valence-corrected chi connectivity index (χ2v) is 7.53. The quantitative estimate of drug-likeness (QED) is 0.720. The fraction of sp³-hybridized carbons (Fsp3) is 0.435. The summed E-state index contributed by atoms with van der Waals surface area (Å²) >= 11 is 0. The molecule has 1 aromatic heterocycles. The Kier molecular flexibility index (Phi) is 7.76. The van der Waals surface area contributed by atoms with Crippen molar-refractivity contribution in [3.63, 3.8) is 0 Å². The van der Waals surface area contributed by atoms with E-state index in [2.05, 4.69) is 22.5 Å². The molecule has 6 nitrogen and oxygen atoms in total. The highest BCUT2D eigenvalue weighted by molar-refractivity contribution is 5.97. The van der Waals surface area contributed by atoms with Crippen LogP contribution in [-0.4, -0.2) is 53.9 Å². The van der Waals surface area contributed by atoms with Crippen LogP contribution in [0.4, 0.5) is 0 Å². The van der Waals surface area contributed by atoms with E-state index < -0.39 is 6.04 Å². The number of benzene rings is 1. The van der Waals surface area contributed by atoms with Crippen molar-refractivity contribution >= 4 is 11.8 Å². The molecule has 0 saturated carbocycles. The Morgan fingerprint density at radius 1 is 1.14 bits per heavy atom.